The average Bonchev–Trinajstić information content (AvgIpc) is 2.30. The number of anilines is 1. The van der Waals surface area contributed by atoms with Gasteiger partial charge in [0, 0.05) is 5.69 Å². The first kappa shape index (κ1) is 14.5. The van der Waals surface area contributed by atoms with Crippen LogP contribution in [0.1, 0.15) is 20.3 Å². The van der Waals surface area contributed by atoms with Crippen molar-refractivity contribution < 1.29 is 17.9 Å². The predicted molar refractivity (Wildman–Crippen MR) is 69.7 cm³/mol. The molecule has 0 aliphatic carbocycles. The van der Waals surface area contributed by atoms with E-state index >= 15 is 0 Å². The number of carbonyl (C=O) groups is 1. The highest BCUT2D eigenvalue weighted by atomic mass is 32.2. The highest BCUT2D eigenvalue weighted by molar-refractivity contribution is 7.94. The van der Waals surface area contributed by atoms with Crippen LogP contribution in [0.4, 0.5) is 5.69 Å². The summed E-state index contributed by atoms with van der Waals surface area (Å²) in [6.07, 6.45) is 0.168. The van der Waals surface area contributed by atoms with Crippen molar-refractivity contribution in [3.05, 3.63) is 30.3 Å². The SMILES string of the molecule is CCOC(=O)C(CC)S(=O)(=O)Nc1ccccc1. The van der Waals surface area contributed by atoms with Gasteiger partial charge in [0.1, 0.15) is 0 Å². The summed E-state index contributed by atoms with van der Waals surface area (Å²) in [5, 5.41) is -1.18. The Hall–Kier alpha value is -1.56. The first-order chi connectivity index (χ1) is 8.51. The molecule has 0 aliphatic rings. The van der Waals surface area contributed by atoms with Gasteiger partial charge in [-0.05, 0) is 25.5 Å². The van der Waals surface area contributed by atoms with Crippen LogP contribution in [0.25, 0.3) is 0 Å². The van der Waals surface area contributed by atoms with Gasteiger partial charge < -0.3 is 4.74 Å². The van der Waals surface area contributed by atoms with Gasteiger partial charge in [-0.2, -0.15) is 0 Å². The molecule has 5 nitrogen and oxygen atoms in total. The van der Waals surface area contributed by atoms with Crippen LogP contribution in [0.3, 0.4) is 0 Å². The van der Waals surface area contributed by atoms with Crippen LogP contribution in [0, 0.1) is 0 Å². The van der Waals surface area contributed by atoms with E-state index in [0.29, 0.717) is 5.69 Å². The fraction of sp³-hybridized carbons (Fsp3) is 0.417. The summed E-state index contributed by atoms with van der Waals surface area (Å²) in [6.45, 7) is 3.43. The van der Waals surface area contributed by atoms with Gasteiger partial charge in [-0.25, -0.2) is 8.42 Å². The molecule has 0 bridgehead atoms. The van der Waals surface area contributed by atoms with Crippen molar-refractivity contribution in [1.82, 2.24) is 0 Å². The molecule has 0 spiro atoms. The molecule has 0 saturated carbocycles. The quantitative estimate of drug-likeness (QED) is 0.800. The Balaban J connectivity index is 2.87. The zero-order valence-electron chi connectivity index (χ0n) is 10.4. The topological polar surface area (TPSA) is 72.5 Å². The first-order valence-corrected chi connectivity index (χ1v) is 7.29. The standard InChI is InChI=1S/C12H17NO4S/c1-3-11(12(14)17-4-2)18(15,16)13-10-8-6-5-7-9-10/h5-9,11,13H,3-4H2,1-2H3. The van der Waals surface area contributed by atoms with Crippen LogP contribution in [0.15, 0.2) is 30.3 Å². The lowest BCUT2D eigenvalue weighted by Gasteiger charge is -2.15. The van der Waals surface area contributed by atoms with Crippen LogP contribution < -0.4 is 4.72 Å². The van der Waals surface area contributed by atoms with Crippen molar-refractivity contribution in [3.8, 4) is 0 Å². The molecular formula is C12H17NO4S. The Morgan fingerprint density at radius 2 is 1.89 bits per heavy atom. The van der Waals surface area contributed by atoms with Crippen molar-refractivity contribution in [2.75, 3.05) is 11.3 Å². The monoisotopic (exact) mass is 271 g/mol. The Kier molecular flexibility index (Phi) is 5.15. The Morgan fingerprint density at radius 3 is 2.39 bits per heavy atom. The Morgan fingerprint density at radius 1 is 1.28 bits per heavy atom. The van der Waals surface area contributed by atoms with E-state index in [9.17, 15) is 13.2 Å². The molecule has 1 atom stereocenters. The van der Waals surface area contributed by atoms with E-state index in [4.69, 9.17) is 4.74 Å². The normalized spacial score (nSPS) is 12.8. The van der Waals surface area contributed by atoms with Crippen molar-refractivity contribution in [3.63, 3.8) is 0 Å². The molecule has 0 radical (unpaired) electrons. The third-order valence-electron chi connectivity index (χ3n) is 2.33. The van der Waals surface area contributed by atoms with Crippen LogP contribution in [0.2, 0.25) is 0 Å². The number of nitrogens with one attached hydrogen (secondary N) is 1. The number of rotatable bonds is 6. The average molecular weight is 271 g/mol. The number of carbonyl (C=O) groups excluding carboxylic acids is 1. The van der Waals surface area contributed by atoms with Gasteiger partial charge in [0.05, 0.1) is 6.61 Å². The van der Waals surface area contributed by atoms with Gasteiger partial charge in [0.15, 0.2) is 5.25 Å². The molecule has 0 saturated heterocycles. The maximum Gasteiger partial charge on any atom is 0.326 e. The molecule has 1 rings (SSSR count). The summed E-state index contributed by atoms with van der Waals surface area (Å²) in [5.74, 6) is -0.719. The van der Waals surface area contributed by atoms with E-state index in [1.807, 2.05) is 0 Å². The fourth-order valence-corrected chi connectivity index (χ4v) is 2.86. The molecule has 1 N–H and O–H groups in total. The molecule has 0 heterocycles. The van der Waals surface area contributed by atoms with Gasteiger partial charge in [0.25, 0.3) is 0 Å². The minimum atomic E-state index is -3.77. The van der Waals surface area contributed by atoms with Crippen molar-refractivity contribution in [2.45, 2.75) is 25.5 Å². The largest absolute Gasteiger partial charge is 0.465 e. The van der Waals surface area contributed by atoms with E-state index < -0.39 is 21.2 Å². The van der Waals surface area contributed by atoms with E-state index in [0.717, 1.165) is 0 Å². The fourth-order valence-electron chi connectivity index (χ4n) is 1.49. The second-order valence-corrected chi connectivity index (χ2v) is 5.53. The van der Waals surface area contributed by atoms with Crippen molar-refractivity contribution in [2.24, 2.45) is 0 Å². The molecule has 0 amide bonds. The van der Waals surface area contributed by atoms with Gasteiger partial charge in [-0.1, -0.05) is 25.1 Å². The summed E-state index contributed by atoms with van der Waals surface area (Å²) in [4.78, 5) is 11.6. The van der Waals surface area contributed by atoms with Crippen LogP contribution in [0.5, 0.6) is 0 Å². The highest BCUT2D eigenvalue weighted by Crippen LogP contribution is 2.14. The molecule has 1 aromatic carbocycles. The van der Waals surface area contributed by atoms with E-state index in [2.05, 4.69) is 4.72 Å². The van der Waals surface area contributed by atoms with Crippen LogP contribution in [-0.2, 0) is 19.6 Å². The third-order valence-corrected chi connectivity index (χ3v) is 4.12. The third kappa shape index (κ3) is 3.73. The van der Waals surface area contributed by atoms with Crippen molar-refractivity contribution in [1.29, 1.82) is 0 Å². The number of esters is 1. The molecule has 1 aromatic rings. The highest BCUT2D eigenvalue weighted by Gasteiger charge is 2.32. The number of ether oxygens (including phenoxy) is 1. The molecule has 0 aliphatic heterocycles. The number of sulfonamides is 1. The molecule has 0 fully saturated rings. The summed E-state index contributed by atoms with van der Waals surface area (Å²) in [5.41, 5.74) is 0.431. The number of para-hydroxylation sites is 1. The molecule has 0 aromatic heterocycles. The Bertz CT molecular complexity index is 484. The van der Waals surface area contributed by atoms with E-state index in [1.54, 1.807) is 44.2 Å². The smallest absolute Gasteiger partial charge is 0.326 e. The number of benzene rings is 1. The first-order valence-electron chi connectivity index (χ1n) is 5.74. The second kappa shape index (κ2) is 6.39. The van der Waals surface area contributed by atoms with Gasteiger partial charge in [-0.3, -0.25) is 9.52 Å². The lowest BCUT2D eigenvalue weighted by molar-refractivity contribution is -0.142. The summed E-state index contributed by atoms with van der Waals surface area (Å²) < 4.78 is 31.2. The van der Waals surface area contributed by atoms with E-state index in [1.165, 1.54) is 0 Å². The number of hydrogen-bond donors (Lipinski definition) is 1. The Labute approximate surface area is 107 Å². The maximum absolute atomic E-state index is 12.0. The zero-order valence-corrected chi connectivity index (χ0v) is 11.2. The lowest BCUT2D eigenvalue weighted by Crippen LogP contribution is -2.35. The molecular weight excluding hydrogens is 254 g/mol. The molecule has 6 heteroatoms. The van der Waals surface area contributed by atoms with Crippen molar-refractivity contribution >= 4 is 21.7 Å². The van der Waals surface area contributed by atoms with Crippen LogP contribution in [-0.4, -0.2) is 26.2 Å². The number of hydrogen-bond acceptors (Lipinski definition) is 4. The molecule has 18 heavy (non-hydrogen) atoms. The minimum Gasteiger partial charge on any atom is -0.465 e. The lowest BCUT2D eigenvalue weighted by atomic mass is 10.3. The molecule has 1 unspecified atom stereocenters. The van der Waals surface area contributed by atoms with Gasteiger partial charge >= 0.3 is 5.97 Å². The zero-order chi connectivity index (χ0) is 13.6. The van der Waals surface area contributed by atoms with E-state index in [-0.39, 0.29) is 13.0 Å². The summed E-state index contributed by atoms with van der Waals surface area (Å²) in [7, 11) is -3.77. The van der Waals surface area contributed by atoms with Gasteiger partial charge in [-0.15, -0.1) is 0 Å². The van der Waals surface area contributed by atoms with Crippen LogP contribution >= 0.6 is 0 Å². The summed E-state index contributed by atoms with van der Waals surface area (Å²) in [6, 6.07) is 8.44. The predicted octanol–water partition coefficient (Wildman–Crippen LogP) is 1.77. The maximum atomic E-state index is 12.0. The molecule has 100 valence electrons. The minimum absolute atomic E-state index is 0.163. The van der Waals surface area contributed by atoms with Gasteiger partial charge in [0.2, 0.25) is 10.0 Å². The second-order valence-electron chi connectivity index (χ2n) is 3.66. The summed E-state index contributed by atoms with van der Waals surface area (Å²) >= 11 is 0.